The molecule has 0 aromatic carbocycles. The number of hydrogen-bond donors (Lipinski definition) is 1. The molecule has 1 aliphatic heterocycles. The third kappa shape index (κ3) is 4.82. The molecule has 4 nitrogen and oxygen atoms in total. The first-order chi connectivity index (χ1) is 10.2. The maximum Gasteiger partial charge on any atom is 0.240 e. The van der Waals surface area contributed by atoms with Crippen molar-refractivity contribution >= 4 is 5.91 Å². The number of piperidine rings is 1. The Hall–Kier alpha value is -0.870. The van der Waals surface area contributed by atoms with Gasteiger partial charge in [-0.3, -0.25) is 9.69 Å². The third-order valence-electron chi connectivity index (χ3n) is 4.69. The van der Waals surface area contributed by atoms with Crippen LogP contribution in [-0.2, 0) is 4.79 Å². The van der Waals surface area contributed by atoms with Gasteiger partial charge in [0.2, 0.25) is 5.91 Å². The van der Waals surface area contributed by atoms with Crippen molar-refractivity contribution in [3.8, 4) is 0 Å². The molecule has 0 saturated carbocycles. The molecule has 2 aliphatic rings. The highest BCUT2D eigenvalue weighted by molar-refractivity contribution is 5.80. The fraction of sp³-hybridized carbons (Fsp3) is 0.824. The molecule has 21 heavy (non-hydrogen) atoms. The van der Waals surface area contributed by atoms with Gasteiger partial charge in [-0.1, -0.05) is 6.08 Å². The predicted octanol–water partition coefficient (Wildman–Crippen LogP) is 2.22. The second kappa shape index (κ2) is 8.54. The van der Waals surface area contributed by atoms with E-state index in [1.165, 1.54) is 31.4 Å². The highest BCUT2D eigenvalue weighted by Crippen LogP contribution is 2.22. The second-order valence-electron chi connectivity index (χ2n) is 6.38. The van der Waals surface area contributed by atoms with E-state index in [9.17, 15) is 4.79 Å². The Kier molecular flexibility index (Phi) is 6.71. The number of amides is 1. The lowest BCUT2D eigenvalue weighted by Crippen LogP contribution is -2.45. The molecule has 0 aromatic heterocycles. The van der Waals surface area contributed by atoms with Gasteiger partial charge in [-0.25, -0.2) is 0 Å². The number of allylic oxidation sites excluding steroid dienone is 2. The molecule has 1 unspecified atom stereocenters. The van der Waals surface area contributed by atoms with Crippen LogP contribution in [0.3, 0.4) is 0 Å². The van der Waals surface area contributed by atoms with Gasteiger partial charge in [0.15, 0.2) is 0 Å². The molecule has 1 atom stereocenters. The van der Waals surface area contributed by atoms with E-state index in [2.05, 4.69) is 23.2 Å². The summed E-state index contributed by atoms with van der Waals surface area (Å²) >= 11 is 0. The minimum absolute atomic E-state index is 0.288. The SMILES string of the molecule is CCN(C(=O)CN1CCCC(CNC)C1)C1=CCCCC1. The summed E-state index contributed by atoms with van der Waals surface area (Å²) in [6.45, 7) is 6.68. The molecule has 120 valence electrons. The summed E-state index contributed by atoms with van der Waals surface area (Å²) in [5.41, 5.74) is 1.26. The number of nitrogens with zero attached hydrogens (tertiary/aromatic N) is 2. The molecule has 2 rings (SSSR count). The number of likely N-dealkylation sites (N-methyl/N-ethyl adjacent to an activating group) is 1. The molecule has 1 amide bonds. The fourth-order valence-corrected chi connectivity index (χ4v) is 3.63. The van der Waals surface area contributed by atoms with E-state index in [-0.39, 0.29) is 5.91 Å². The minimum Gasteiger partial charge on any atom is -0.319 e. The maximum absolute atomic E-state index is 12.6. The van der Waals surface area contributed by atoms with E-state index in [1.54, 1.807) is 0 Å². The van der Waals surface area contributed by atoms with Crippen LogP contribution in [0, 0.1) is 5.92 Å². The van der Waals surface area contributed by atoms with Crippen LogP contribution in [-0.4, -0.2) is 55.5 Å². The van der Waals surface area contributed by atoms with E-state index in [0.717, 1.165) is 39.0 Å². The van der Waals surface area contributed by atoms with Crippen LogP contribution in [0.5, 0.6) is 0 Å². The van der Waals surface area contributed by atoms with Crippen LogP contribution in [0.15, 0.2) is 11.8 Å². The number of hydrogen-bond acceptors (Lipinski definition) is 3. The number of nitrogens with one attached hydrogen (secondary N) is 1. The van der Waals surface area contributed by atoms with Crippen molar-refractivity contribution in [3.05, 3.63) is 11.8 Å². The van der Waals surface area contributed by atoms with Gasteiger partial charge in [0, 0.05) is 18.8 Å². The first-order valence-electron chi connectivity index (χ1n) is 8.61. The summed E-state index contributed by atoms with van der Waals surface area (Å²) in [7, 11) is 2.01. The zero-order valence-corrected chi connectivity index (χ0v) is 13.7. The Balaban J connectivity index is 1.88. The van der Waals surface area contributed by atoms with Crippen LogP contribution in [0.25, 0.3) is 0 Å². The topological polar surface area (TPSA) is 35.6 Å². The van der Waals surface area contributed by atoms with Gasteiger partial charge in [0.1, 0.15) is 0 Å². The van der Waals surface area contributed by atoms with E-state index >= 15 is 0 Å². The highest BCUT2D eigenvalue weighted by atomic mass is 16.2. The molecular weight excluding hydrogens is 262 g/mol. The van der Waals surface area contributed by atoms with Gasteiger partial charge in [0.25, 0.3) is 0 Å². The smallest absolute Gasteiger partial charge is 0.240 e. The summed E-state index contributed by atoms with van der Waals surface area (Å²) in [5, 5.41) is 3.27. The van der Waals surface area contributed by atoms with Gasteiger partial charge in [0.05, 0.1) is 6.54 Å². The van der Waals surface area contributed by atoms with Crippen LogP contribution in [0.2, 0.25) is 0 Å². The van der Waals surface area contributed by atoms with Crippen LogP contribution in [0.4, 0.5) is 0 Å². The second-order valence-corrected chi connectivity index (χ2v) is 6.38. The Labute approximate surface area is 129 Å². The van der Waals surface area contributed by atoms with Gasteiger partial charge in [-0.15, -0.1) is 0 Å². The van der Waals surface area contributed by atoms with Crippen molar-refractivity contribution in [2.45, 2.75) is 45.4 Å². The maximum atomic E-state index is 12.6. The van der Waals surface area contributed by atoms with Crippen molar-refractivity contribution in [1.29, 1.82) is 0 Å². The zero-order chi connectivity index (χ0) is 15.1. The minimum atomic E-state index is 0.288. The summed E-state index contributed by atoms with van der Waals surface area (Å²) in [4.78, 5) is 17.0. The Morgan fingerprint density at radius 3 is 2.95 bits per heavy atom. The normalized spacial score (nSPS) is 23.7. The van der Waals surface area contributed by atoms with Gasteiger partial charge < -0.3 is 10.2 Å². The summed E-state index contributed by atoms with van der Waals surface area (Å²) in [6.07, 6.45) is 9.47. The Morgan fingerprint density at radius 2 is 2.29 bits per heavy atom. The number of rotatable bonds is 6. The summed E-state index contributed by atoms with van der Waals surface area (Å²) in [5.74, 6) is 0.983. The van der Waals surface area contributed by atoms with E-state index < -0.39 is 0 Å². The quantitative estimate of drug-likeness (QED) is 0.816. The molecule has 0 aromatic rings. The highest BCUT2D eigenvalue weighted by Gasteiger charge is 2.24. The lowest BCUT2D eigenvalue weighted by molar-refractivity contribution is -0.131. The van der Waals surface area contributed by atoms with Crippen LogP contribution >= 0.6 is 0 Å². The molecule has 1 saturated heterocycles. The van der Waals surface area contributed by atoms with Gasteiger partial charge >= 0.3 is 0 Å². The number of carbonyl (C=O) groups excluding carboxylic acids is 1. The third-order valence-corrected chi connectivity index (χ3v) is 4.69. The zero-order valence-electron chi connectivity index (χ0n) is 13.7. The summed E-state index contributed by atoms with van der Waals surface area (Å²) < 4.78 is 0. The number of likely N-dealkylation sites (tertiary alicyclic amines) is 1. The predicted molar refractivity (Wildman–Crippen MR) is 87.0 cm³/mol. The van der Waals surface area contributed by atoms with Gasteiger partial charge in [-0.05, 0) is 71.5 Å². The monoisotopic (exact) mass is 293 g/mol. The van der Waals surface area contributed by atoms with Gasteiger partial charge in [-0.2, -0.15) is 0 Å². The molecular formula is C17H31N3O. The number of carbonyl (C=O) groups is 1. The lowest BCUT2D eigenvalue weighted by atomic mass is 9.98. The molecule has 4 heteroatoms. The van der Waals surface area contributed by atoms with E-state index in [4.69, 9.17) is 0 Å². The molecule has 1 N–H and O–H groups in total. The molecule has 1 fully saturated rings. The first-order valence-corrected chi connectivity index (χ1v) is 8.61. The van der Waals surface area contributed by atoms with Crippen molar-refractivity contribution < 1.29 is 4.79 Å². The largest absolute Gasteiger partial charge is 0.319 e. The van der Waals surface area contributed by atoms with E-state index in [1.807, 2.05) is 11.9 Å². The average Bonchev–Trinajstić information content (AvgIpc) is 2.50. The molecule has 0 radical (unpaired) electrons. The van der Waals surface area contributed by atoms with Crippen LogP contribution in [0.1, 0.15) is 45.4 Å². The van der Waals surface area contributed by atoms with Crippen molar-refractivity contribution in [3.63, 3.8) is 0 Å². The van der Waals surface area contributed by atoms with Crippen molar-refractivity contribution in [2.75, 3.05) is 39.8 Å². The summed E-state index contributed by atoms with van der Waals surface area (Å²) in [6, 6.07) is 0. The molecule has 0 bridgehead atoms. The van der Waals surface area contributed by atoms with Crippen molar-refractivity contribution in [1.82, 2.24) is 15.1 Å². The average molecular weight is 293 g/mol. The fourth-order valence-electron chi connectivity index (χ4n) is 3.63. The molecule has 0 spiro atoms. The molecule has 1 heterocycles. The Bertz CT molecular complexity index is 365. The van der Waals surface area contributed by atoms with E-state index in [0.29, 0.717) is 12.5 Å². The van der Waals surface area contributed by atoms with Crippen LogP contribution < -0.4 is 5.32 Å². The lowest BCUT2D eigenvalue weighted by Gasteiger charge is -2.34. The Morgan fingerprint density at radius 1 is 1.43 bits per heavy atom. The molecule has 1 aliphatic carbocycles. The first kappa shape index (κ1) is 16.5. The standard InChI is InChI=1S/C17H31N3O/c1-3-20(16-9-5-4-6-10-16)17(21)14-19-11-7-8-15(13-19)12-18-2/h9,15,18H,3-8,10-14H2,1-2H3. The van der Waals surface area contributed by atoms with Crippen molar-refractivity contribution in [2.24, 2.45) is 5.92 Å².